The zero-order valence-corrected chi connectivity index (χ0v) is 18.5. The summed E-state index contributed by atoms with van der Waals surface area (Å²) in [6.07, 6.45) is -0.567. The summed E-state index contributed by atoms with van der Waals surface area (Å²) in [5.74, 6) is 1.33. The molecule has 1 amide bonds. The van der Waals surface area contributed by atoms with Crippen LogP contribution in [0.25, 0.3) is 0 Å². The highest BCUT2D eigenvalue weighted by Gasteiger charge is 2.43. The first kappa shape index (κ1) is 21.4. The number of phenolic OH excluding ortho intramolecular Hbond substituents is 1. The first-order valence-electron chi connectivity index (χ1n) is 10.4. The third-order valence-electron chi connectivity index (χ3n) is 5.26. The number of methoxy groups -OCH3 is 1. The van der Waals surface area contributed by atoms with Gasteiger partial charge in [-0.2, -0.15) is 0 Å². The minimum atomic E-state index is -0.916. The topological polar surface area (TPSA) is 80.2 Å². The third-order valence-corrected chi connectivity index (χ3v) is 5.26. The molecule has 32 heavy (non-hydrogen) atoms. The van der Waals surface area contributed by atoms with Crippen LogP contribution >= 0.6 is 0 Å². The maximum Gasteiger partial charge on any atom is 0.413 e. The number of fused-ring (bicyclic) bond motifs is 1. The summed E-state index contributed by atoms with van der Waals surface area (Å²) in [6.45, 7) is 5.44. The van der Waals surface area contributed by atoms with Crippen LogP contribution in [-0.4, -0.2) is 29.7 Å². The van der Waals surface area contributed by atoms with Crippen molar-refractivity contribution in [3.8, 4) is 11.5 Å². The minimum Gasteiger partial charge on any atom is -0.508 e. The Morgan fingerprint density at radius 2 is 1.53 bits per heavy atom. The van der Waals surface area contributed by atoms with Gasteiger partial charge in [0.1, 0.15) is 28.5 Å². The van der Waals surface area contributed by atoms with Gasteiger partial charge >= 0.3 is 6.09 Å². The van der Waals surface area contributed by atoms with Crippen molar-refractivity contribution in [1.29, 1.82) is 0 Å². The van der Waals surface area contributed by atoms with Crippen LogP contribution in [0.15, 0.2) is 77.8 Å². The molecule has 0 saturated heterocycles. The number of nitrogens with zero attached hydrogens (tertiary/aromatic N) is 1. The van der Waals surface area contributed by atoms with Gasteiger partial charge in [-0.05, 0) is 61.7 Å². The van der Waals surface area contributed by atoms with Crippen LogP contribution in [0, 0.1) is 0 Å². The van der Waals surface area contributed by atoms with Crippen molar-refractivity contribution in [2.45, 2.75) is 31.9 Å². The molecule has 3 aromatic carbocycles. The Bertz CT molecular complexity index is 1160. The normalized spacial score (nSPS) is 17.3. The van der Waals surface area contributed by atoms with E-state index in [4.69, 9.17) is 14.5 Å². The number of carbonyl (C=O) groups is 1. The van der Waals surface area contributed by atoms with Crippen LogP contribution in [0.3, 0.4) is 0 Å². The van der Waals surface area contributed by atoms with E-state index in [1.54, 1.807) is 19.2 Å². The van der Waals surface area contributed by atoms with E-state index in [9.17, 15) is 9.90 Å². The molecular formula is C26H26N2O4. The number of amides is 1. The van der Waals surface area contributed by atoms with Crippen molar-refractivity contribution in [1.82, 2.24) is 5.32 Å². The van der Waals surface area contributed by atoms with Crippen LogP contribution in [0.4, 0.5) is 4.79 Å². The molecular weight excluding hydrogens is 404 g/mol. The Morgan fingerprint density at radius 3 is 2.12 bits per heavy atom. The molecule has 1 unspecified atom stereocenters. The Morgan fingerprint density at radius 1 is 0.938 bits per heavy atom. The van der Waals surface area contributed by atoms with Crippen molar-refractivity contribution in [3.63, 3.8) is 0 Å². The molecule has 0 bridgehead atoms. The summed E-state index contributed by atoms with van der Waals surface area (Å²) < 4.78 is 10.8. The molecule has 1 aliphatic heterocycles. The fourth-order valence-corrected chi connectivity index (χ4v) is 3.93. The number of hydrogen-bond donors (Lipinski definition) is 2. The lowest BCUT2D eigenvalue weighted by Gasteiger charge is -2.29. The lowest BCUT2D eigenvalue weighted by Crippen LogP contribution is -2.36. The van der Waals surface area contributed by atoms with E-state index in [1.807, 2.05) is 81.4 Å². The molecule has 1 aliphatic rings. The Labute approximate surface area is 187 Å². The predicted octanol–water partition coefficient (Wildman–Crippen LogP) is 4.98. The molecule has 0 radical (unpaired) electrons. The molecule has 0 saturated carbocycles. The van der Waals surface area contributed by atoms with E-state index >= 15 is 0 Å². The fraction of sp³-hybridized carbons (Fsp3) is 0.231. The number of carbonyl (C=O) groups excluding carboxylic acids is 1. The largest absolute Gasteiger partial charge is 0.508 e. The quantitative estimate of drug-likeness (QED) is 0.614. The van der Waals surface area contributed by atoms with Crippen molar-refractivity contribution in [2.75, 3.05) is 7.11 Å². The van der Waals surface area contributed by atoms with Crippen molar-refractivity contribution < 1.29 is 19.4 Å². The van der Waals surface area contributed by atoms with E-state index in [-0.39, 0.29) is 5.75 Å². The second kappa shape index (κ2) is 8.04. The summed E-state index contributed by atoms with van der Waals surface area (Å²) in [6, 6.07) is 22.4. The summed E-state index contributed by atoms with van der Waals surface area (Å²) in [4.78, 5) is 17.6. The van der Waals surface area contributed by atoms with Crippen LogP contribution in [0.1, 0.15) is 43.0 Å². The SMILES string of the molecule is COc1ccc(C2(c3ccc(O)cc3)N=C(NC(=O)OC(C)(C)C)c3ccccc32)cc1. The second-order valence-corrected chi connectivity index (χ2v) is 8.62. The lowest BCUT2D eigenvalue weighted by molar-refractivity contribution is 0.0563. The number of phenols is 1. The summed E-state index contributed by atoms with van der Waals surface area (Å²) in [5, 5.41) is 12.7. The standard InChI is InChI=1S/C26H26N2O4/c1-25(2,3)32-24(30)27-23-21-7-5-6-8-22(21)26(28-23,17-9-13-19(29)14-10-17)18-11-15-20(31-4)16-12-18/h5-16,29H,1-4H3,(H,27,28,30). The van der Waals surface area contributed by atoms with Gasteiger partial charge in [-0.25, -0.2) is 9.79 Å². The van der Waals surface area contributed by atoms with Gasteiger partial charge in [0, 0.05) is 5.56 Å². The molecule has 0 spiro atoms. The number of alkyl carbamates (subject to hydrolysis) is 1. The van der Waals surface area contributed by atoms with Gasteiger partial charge in [-0.1, -0.05) is 48.5 Å². The molecule has 4 rings (SSSR count). The third kappa shape index (κ3) is 3.91. The maximum atomic E-state index is 12.6. The average Bonchev–Trinajstić information content (AvgIpc) is 3.08. The van der Waals surface area contributed by atoms with Crippen LogP contribution in [0.2, 0.25) is 0 Å². The van der Waals surface area contributed by atoms with Gasteiger partial charge < -0.3 is 14.6 Å². The summed E-state index contributed by atoms with van der Waals surface area (Å²) in [7, 11) is 1.62. The van der Waals surface area contributed by atoms with E-state index in [0.717, 1.165) is 28.0 Å². The van der Waals surface area contributed by atoms with Gasteiger partial charge in [0.2, 0.25) is 0 Å². The van der Waals surface area contributed by atoms with Crippen molar-refractivity contribution in [2.24, 2.45) is 4.99 Å². The number of ether oxygens (including phenoxy) is 2. The molecule has 0 fully saturated rings. The number of hydrogen-bond acceptors (Lipinski definition) is 5. The van der Waals surface area contributed by atoms with E-state index < -0.39 is 17.2 Å². The molecule has 0 aromatic heterocycles. The molecule has 1 heterocycles. The second-order valence-electron chi connectivity index (χ2n) is 8.62. The van der Waals surface area contributed by atoms with Crippen molar-refractivity contribution in [3.05, 3.63) is 95.1 Å². The van der Waals surface area contributed by atoms with E-state index in [1.165, 1.54) is 0 Å². The van der Waals surface area contributed by atoms with Gasteiger partial charge in [-0.15, -0.1) is 0 Å². The predicted molar refractivity (Wildman–Crippen MR) is 123 cm³/mol. The number of amidine groups is 1. The molecule has 164 valence electrons. The summed E-state index contributed by atoms with van der Waals surface area (Å²) in [5.41, 5.74) is 1.93. The lowest BCUT2D eigenvalue weighted by atomic mass is 9.77. The van der Waals surface area contributed by atoms with Gasteiger partial charge in [-0.3, -0.25) is 5.32 Å². The Kier molecular flexibility index (Phi) is 5.38. The molecule has 3 aromatic rings. The number of nitrogens with one attached hydrogen (secondary N) is 1. The molecule has 1 atom stereocenters. The van der Waals surface area contributed by atoms with Crippen LogP contribution < -0.4 is 10.1 Å². The molecule has 6 heteroatoms. The van der Waals surface area contributed by atoms with Crippen LogP contribution in [-0.2, 0) is 10.3 Å². The zero-order valence-electron chi connectivity index (χ0n) is 18.5. The number of rotatable bonds is 3. The number of aromatic hydroxyl groups is 1. The number of aliphatic imine (C=N–C) groups is 1. The van der Waals surface area contributed by atoms with Gasteiger partial charge in [0.25, 0.3) is 0 Å². The number of benzene rings is 3. The minimum absolute atomic E-state index is 0.168. The summed E-state index contributed by atoms with van der Waals surface area (Å²) >= 11 is 0. The highest BCUT2D eigenvalue weighted by molar-refractivity contribution is 6.10. The molecule has 2 N–H and O–H groups in total. The first-order chi connectivity index (χ1) is 15.2. The first-order valence-corrected chi connectivity index (χ1v) is 10.4. The molecule has 0 aliphatic carbocycles. The fourth-order valence-electron chi connectivity index (χ4n) is 3.93. The van der Waals surface area contributed by atoms with Gasteiger partial charge in [0.15, 0.2) is 0 Å². The Balaban J connectivity index is 1.90. The van der Waals surface area contributed by atoms with Crippen LogP contribution in [0.5, 0.6) is 11.5 Å². The zero-order chi connectivity index (χ0) is 22.9. The van der Waals surface area contributed by atoms with Gasteiger partial charge in [0.05, 0.1) is 7.11 Å². The average molecular weight is 431 g/mol. The maximum absolute atomic E-state index is 12.6. The van der Waals surface area contributed by atoms with Crippen molar-refractivity contribution >= 4 is 11.9 Å². The highest BCUT2D eigenvalue weighted by atomic mass is 16.6. The highest BCUT2D eigenvalue weighted by Crippen LogP contribution is 2.46. The molecule has 6 nitrogen and oxygen atoms in total. The van der Waals surface area contributed by atoms with E-state index in [2.05, 4.69) is 5.32 Å². The monoisotopic (exact) mass is 430 g/mol. The Hall–Kier alpha value is -3.80. The van der Waals surface area contributed by atoms with E-state index in [0.29, 0.717) is 5.84 Å². The smallest absolute Gasteiger partial charge is 0.413 e.